The summed E-state index contributed by atoms with van der Waals surface area (Å²) in [5.74, 6) is -2.06. The fourth-order valence-electron chi connectivity index (χ4n) is 9.08. The zero-order valence-corrected chi connectivity index (χ0v) is 111. The number of nitrogen functional groups attached to an aromatic ring is 2. The Labute approximate surface area is 1020 Å². The Hall–Kier alpha value is -5.36. The second-order valence-electron chi connectivity index (χ2n) is 26.0. The van der Waals surface area contributed by atoms with Gasteiger partial charge in [-0.15, -0.1) is 84.0 Å². The summed E-state index contributed by atoms with van der Waals surface area (Å²) in [4.78, 5) is 138. The number of esters is 1. The predicted molar refractivity (Wildman–Crippen MR) is 567 cm³/mol. The maximum Gasteiger partial charge on any atom is 1.00 e. The summed E-state index contributed by atoms with van der Waals surface area (Å²) in [6.07, 6.45) is 16.9. The van der Waals surface area contributed by atoms with Crippen LogP contribution in [0, 0.1) is 132 Å². The largest absolute Gasteiger partial charge is 1.00 e. The van der Waals surface area contributed by atoms with Gasteiger partial charge in [0.05, 0.1) is 94.2 Å². The number of Topliss-reactive ketones (excluding diaryl/α,β-unsaturated/α-hetero) is 1. The monoisotopic (exact) mass is 2840 g/mol. The number of hydrogen-bond donors (Lipinski definition) is 4. The van der Waals surface area contributed by atoms with E-state index >= 15 is 0 Å². The summed E-state index contributed by atoms with van der Waals surface area (Å²) in [6, 6.07) is 0. The molecule has 0 spiro atoms. The number of rotatable bonds is 16. The van der Waals surface area contributed by atoms with Crippen molar-refractivity contribution < 1.29 is 255 Å². The number of ketones is 1. The van der Waals surface area contributed by atoms with Crippen molar-refractivity contribution in [3.63, 3.8) is 0 Å². The first-order valence-electron chi connectivity index (χ1n) is 41.3. The zero-order valence-electron chi connectivity index (χ0n) is 90.2. The van der Waals surface area contributed by atoms with Gasteiger partial charge in [-0.3, -0.25) is 49.8 Å². The number of fused-ring (bicyclic) bond motifs is 5. The maximum atomic E-state index is 11.1. The summed E-state index contributed by atoms with van der Waals surface area (Å²) < 4.78 is 148. The van der Waals surface area contributed by atoms with E-state index in [1.807, 2.05) is 165 Å². The number of nitrogens with zero attached hydrogens (tertiary/aromatic N) is 19. The molecule has 70 heteroatoms. The first kappa shape index (κ1) is 162. The molecule has 14 aromatic rings. The van der Waals surface area contributed by atoms with Crippen LogP contribution in [0.2, 0.25) is 0 Å². The predicted octanol–water partition coefficient (Wildman–Crippen LogP) is 9.04. The van der Waals surface area contributed by atoms with Crippen molar-refractivity contribution in [2.24, 2.45) is 9.98 Å². The molecular formula is C80H117BBr3Cl4F5N21Na2O22P2S9U-. The van der Waals surface area contributed by atoms with Crippen LogP contribution in [0.3, 0.4) is 0 Å². The number of nitrogens with two attached hydrogens (primary N) is 2. The van der Waals surface area contributed by atoms with Crippen LogP contribution >= 0.6 is 181 Å². The Bertz CT molecular complexity index is 6140. The number of carbonyl (C=O) groups excluding carboxylic acids is 8. The molecule has 0 aliphatic carbocycles. The second-order valence-corrected chi connectivity index (χ2v) is 44.0. The molecule has 0 bridgehead atoms. The van der Waals surface area contributed by atoms with Crippen LogP contribution in [0.5, 0.6) is 5.88 Å². The number of carboxylic acids is 1. The number of methoxy groups -OCH3 is 3. The number of halogens is 12. The van der Waals surface area contributed by atoms with Crippen LogP contribution in [-0.2, 0) is 83.9 Å². The molecule has 0 atom stereocenters. The van der Waals surface area contributed by atoms with Gasteiger partial charge in [-0.05, 0) is 175 Å². The van der Waals surface area contributed by atoms with Gasteiger partial charge in [-0.2, -0.15) is 41.9 Å². The number of aromatic nitrogens is 14. The molecule has 14 rings (SSSR count). The number of hydrogen-bond acceptors (Lipinski definition) is 43. The third kappa shape index (κ3) is 75.5. The molecule has 7 N–H and O–H groups in total. The fraction of sp³-hybridized carbons (Fsp3) is 0.438. The molecule has 0 amide bonds. The van der Waals surface area contributed by atoms with E-state index in [0.29, 0.717) is 27.9 Å². The Morgan fingerprint density at radius 1 is 0.660 bits per heavy atom. The van der Waals surface area contributed by atoms with Crippen molar-refractivity contribution in [2.45, 2.75) is 143 Å². The van der Waals surface area contributed by atoms with Crippen molar-refractivity contribution in [2.75, 3.05) is 107 Å². The molecule has 0 aromatic carbocycles. The van der Waals surface area contributed by atoms with Gasteiger partial charge in [0.15, 0.2) is 40.8 Å². The molecule has 0 aliphatic rings. The second kappa shape index (κ2) is 99.2. The molecule has 0 saturated heterocycles. The normalized spacial score (nSPS) is 9.61. The van der Waals surface area contributed by atoms with Crippen LogP contribution in [0.1, 0.15) is 117 Å². The van der Waals surface area contributed by atoms with Gasteiger partial charge in [0.1, 0.15) is 16.7 Å². The molecule has 14 aromatic heterocycles. The number of imidazole rings is 5. The van der Waals surface area contributed by atoms with Gasteiger partial charge in [0.2, 0.25) is 29.5 Å². The Morgan fingerprint density at radius 2 is 1.12 bits per heavy atom. The van der Waals surface area contributed by atoms with E-state index in [-0.39, 0.29) is 151 Å². The number of ether oxygens (including phenoxy) is 4. The van der Waals surface area contributed by atoms with E-state index in [1.54, 1.807) is 126 Å². The number of thiazole rings is 9. The summed E-state index contributed by atoms with van der Waals surface area (Å²) in [6.45, 7) is 34.2. The smallest absolute Gasteiger partial charge is 1.00 e. The molecule has 14 heterocycles. The van der Waals surface area contributed by atoms with Gasteiger partial charge in [-0.25, -0.2) is 68.6 Å². The van der Waals surface area contributed by atoms with Crippen LogP contribution in [0.15, 0.2) is 81.1 Å². The SMILES string of the molecule is CCC[n+]1c(N=CN(C)C)sc(C)c1C.CCOC(=O)CBr.CCc1cnc2sc(C)c(C)n12.COC(OC)N(C)C.COc1c(C)nc2sccn12.Cc1cn2ccsc2n1.Cc1nc(N)sc1C.Cc1nc(N=CN(C)C)sc1C.Cc1nc2sccn2c1C(=O)O.Cc1sc2nccn2c1C.Nc1nccs1.O=C(CBr)C(F)(F)F.O=C=O.O=C=O.O=C=O.O=P(=O)OO.O=P(Cl)(Cl)Cl.[2H]CF.[2H]CF.[2H][B].[Br-].[H-].[Na+].[Na+].[O-][Cl+][O-].[OH-].[U]. The minimum Gasteiger partial charge on any atom is -1.00 e. The summed E-state index contributed by atoms with van der Waals surface area (Å²) in [5, 5.41) is 23.2. The Morgan fingerprint density at radius 3 is 1.47 bits per heavy atom. The van der Waals surface area contributed by atoms with Gasteiger partial charge < -0.3 is 78.5 Å². The number of aliphatic imine (C=N–C) groups is 2. The summed E-state index contributed by atoms with van der Waals surface area (Å²) in [7, 11) is 15.2. The first-order valence-corrected chi connectivity index (χ1v) is 55.2. The molecule has 0 aliphatic heterocycles. The van der Waals surface area contributed by atoms with Crippen LogP contribution in [-0.4, -0.2) is 259 Å². The third-order valence-electron chi connectivity index (χ3n) is 15.3. The molecule has 150 heavy (non-hydrogen) atoms. The standard InChI is InChI=1S/C11H20N3S.C9H12N2S.C8H13N3S.C7H6N2O2S.C7H8N2OS.C7H8N2S.C6H6N2S.C5H8N2S.C5H13NO2.C4H7BrO2.C3H2BrF3O.C3H4N2S.2CH3F.3CO2.BH.BrH.Cl3OP.ClO2.2Na.HO4P.H2O.U.H/c1-6-7-14-9(2)10(3)15-11(14)12-8-13(4)5;1-4-8-5-10-9-11(8)6(2)7(3)12-9;1-6-7(2)12-8(10-6)9-5-11(3)4;1-4-5(6(10)11)9-2-3-12-7(9)8-4;1-5-6(10-2)9-3-4-11-7(9)8-5;1-5-6(2)10-7-8-3-4-9(5)7;1-5-4-8-2-3-9-6(8)7-5;1-3-4(2)8-5(6)7-3;1-6(2)5(7-3)8-4;1-2-7-4(6)3-5;4-1-2(8)3(5,6)7;4-3-5-1-2-6-3;2*1-2;3*2-1-3;;;1-5(2,3)4;2-1-3;;;1-4-5(2)3;;;/h8H,6-7H2,1-5H3;5H,4H2,1-3H3;5H,1-4H3;2-3H,1H3,(H,10,11);3-4H,1-2H3;3-4H,1-2H3;2-4H,1H3;1-2H3,(H2,6,7);5H,1-4H3;2-3H2,1H3;1H2;1-2H,(H2,4,5);2*1H3;;;;2*1H;;;;;1H;1H2;;/q+1;;;;;;;;;;;;;;;;;;;;-1;2*+1;;;;-1/p-2/i;;;;;;;;;;;;2*1D;;;;1D;;;;;;;;;. The number of alkyl halides is 7. The molecule has 2 radical (unpaired) electrons. The Balaban J connectivity index is -0.000000125. The van der Waals surface area contributed by atoms with E-state index < -0.39 is 62.0 Å². The minimum atomic E-state index is -4.68. The molecular weight excluding hydrogens is 2730 g/mol. The number of carbonyl (C=O) groups is 3. The number of carboxylic acid groups (broad SMARTS) is 1. The van der Waals surface area contributed by atoms with Gasteiger partial charge in [0, 0.05) is 183 Å². The molecule has 832 valence electrons. The average molecular weight is 2850 g/mol. The van der Waals surface area contributed by atoms with Gasteiger partial charge >= 0.3 is 114 Å². The summed E-state index contributed by atoms with van der Waals surface area (Å²) in [5.41, 5.74) is 20.8. The van der Waals surface area contributed by atoms with E-state index in [4.69, 9.17) is 87.3 Å². The third-order valence-corrected chi connectivity index (χ3v) is 24.4. The van der Waals surface area contributed by atoms with Crippen LogP contribution in [0.25, 0.3) is 24.8 Å². The quantitative estimate of drug-likeness (QED) is 0.00598. The first-order chi connectivity index (χ1) is 69.4. The van der Waals surface area contributed by atoms with E-state index in [0.717, 1.165) is 83.1 Å². The van der Waals surface area contributed by atoms with E-state index in [9.17, 15) is 40.9 Å². The zero-order chi connectivity index (χ0) is 116. The van der Waals surface area contributed by atoms with Crippen molar-refractivity contribution >= 4 is 283 Å². The van der Waals surface area contributed by atoms with Crippen molar-refractivity contribution in [1.29, 1.82) is 1.34 Å². The molecule has 0 saturated carbocycles. The maximum absolute atomic E-state index is 11.1. The van der Waals surface area contributed by atoms with Gasteiger partial charge in [-0.1, -0.05) is 57.0 Å². The fourth-order valence-corrected chi connectivity index (χ4v) is 16.5. The van der Waals surface area contributed by atoms with E-state index in [2.05, 4.69) is 209 Å². The topological polar surface area (TPSA) is 583 Å². The van der Waals surface area contributed by atoms with Crippen LogP contribution in [0.4, 0.5) is 42.5 Å². The van der Waals surface area contributed by atoms with Crippen LogP contribution < -0.4 is 106 Å². The van der Waals surface area contributed by atoms with Crippen molar-refractivity contribution in [3.8, 4) is 5.88 Å². The summed E-state index contributed by atoms with van der Waals surface area (Å²) >= 11 is 33.3. The molecule has 43 nitrogen and oxygen atoms in total. The molecule has 0 unspecified atom stereocenters. The van der Waals surface area contributed by atoms with Crippen molar-refractivity contribution in [3.05, 3.63) is 152 Å². The Kier molecular flexibility index (Phi) is 107. The number of aromatic carboxylic acids is 1. The average Bonchev–Trinajstić information content (AvgIpc) is 1.65. The number of aryl methyl sites for hydroxylation is 13. The number of anilines is 2. The van der Waals surface area contributed by atoms with E-state index in [1.165, 1.54) is 81.2 Å². The van der Waals surface area contributed by atoms with Gasteiger partial charge in [0.25, 0.3) is 0 Å². The molecule has 0 fully saturated rings. The van der Waals surface area contributed by atoms with Crippen molar-refractivity contribution in [1.82, 2.24) is 76.6 Å². The minimum absolute atomic E-state index is 0.